The molecule has 1 unspecified atom stereocenters. The molecule has 0 saturated heterocycles. The molecule has 0 aliphatic carbocycles. The van der Waals surface area contributed by atoms with Crippen LogP contribution in [0.25, 0.3) is 0 Å². The lowest BCUT2D eigenvalue weighted by Gasteiger charge is -2.17. The standard InChI is InChI=1S/C15H21NO3S2/c1-20-9-3-4-14(17)16-13(10-15(18)19)11-5-7-12(21-2)8-6-11/h5-8,13H,3-4,9-10H2,1-2H3,(H,16,17)(H,18,19). The smallest absolute Gasteiger partial charge is 0.305 e. The van der Waals surface area contributed by atoms with Gasteiger partial charge in [-0.2, -0.15) is 11.8 Å². The molecule has 0 aliphatic rings. The molecule has 0 fully saturated rings. The Hall–Kier alpha value is -1.14. The first-order valence-corrected chi connectivity index (χ1v) is 9.32. The Morgan fingerprint density at radius 3 is 2.43 bits per heavy atom. The first-order chi connectivity index (χ1) is 10.1. The first kappa shape index (κ1) is 17.9. The van der Waals surface area contributed by atoms with Gasteiger partial charge in [-0.25, -0.2) is 0 Å². The molecule has 6 heteroatoms. The molecule has 1 amide bonds. The van der Waals surface area contributed by atoms with E-state index in [-0.39, 0.29) is 12.3 Å². The number of carbonyl (C=O) groups is 2. The third-order valence-corrected chi connectivity index (χ3v) is 4.42. The van der Waals surface area contributed by atoms with Crippen molar-refractivity contribution in [1.29, 1.82) is 0 Å². The molecule has 116 valence electrons. The highest BCUT2D eigenvalue weighted by Crippen LogP contribution is 2.21. The van der Waals surface area contributed by atoms with Crippen LogP contribution >= 0.6 is 23.5 Å². The molecule has 4 nitrogen and oxygen atoms in total. The SMILES string of the molecule is CSCCCC(=O)NC(CC(=O)O)c1ccc(SC)cc1. The quantitative estimate of drug-likeness (QED) is 0.538. The monoisotopic (exact) mass is 327 g/mol. The van der Waals surface area contributed by atoms with Gasteiger partial charge in [0.25, 0.3) is 0 Å². The molecular weight excluding hydrogens is 306 g/mol. The maximum absolute atomic E-state index is 11.9. The topological polar surface area (TPSA) is 66.4 Å². The summed E-state index contributed by atoms with van der Waals surface area (Å²) in [5.74, 6) is -0.0815. The molecule has 0 aromatic heterocycles. The molecular formula is C15H21NO3S2. The van der Waals surface area contributed by atoms with Crippen LogP contribution in [0.3, 0.4) is 0 Å². The second kappa shape index (κ2) is 9.73. The lowest BCUT2D eigenvalue weighted by Crippen LogP contribution is -2.30. The van der Waals surface area contributed by atoms with Crippen molar-refractivity contribution in [3.8, 4) is 0 Å². The maximum atomic E-state index is 11.9. The van der Waals surface area contributed by atoms with E-state index in [0.29, 0.717) is 6.42 Å². The zero-order chi connectivity index (χ0) is 15.7. The van der Waals surface area contributed by atoms with Crippen molar-refractivity contribution in [2.45, 2.75) is 30.2 Å². The van der Waals surface area contributed by atoms with Crippen molar-refractivity contribution in [1.82, 2.24) is 5.32 Å². The molecule has 1 aromatic rings. The Morgan fingerprint density at radius 2 is 1.90 bits per heavy atom. The van der Waals surface area contributed by atoms with Crippen molar-refractivity contribution in [3.63, 3.8) is 0 Å². The average Bonchev–Trinajstić information content (AvgIpc) is 2.46. The molecule has 0 spiro atoms. The zero-order valence-corrected chi connectivity index (χ0v) is 13.9. The van der Waals surface area contributed by atoms with Crippen molar-refractivity contribution in [2.24, 2.45) is 0 Å². The van der Waals surface area contributed by atoms with Gasteiger partial charge in [-0.1, -0.05) is 12.1 Å². The van der Waals surface area contributed by atoms with Gasteiger partial charge in [0.1, 0.15) is 0 Å². The number of carboxylic acid groups (broad SMARTS) is 1. The number of rotatable bonds is 9. The highest BCUT2D eigenvalue weighted by Gasteiger charge is 2.17. The molecule has 21 heavy (non-hydrogen) atoms. The summed E-state index contributed by atoms with van der Waals surface area (Å²) in [6.45, 7) is 0. The summed E-state index contributed by atoms with van der Waals surface area (Å²) in [4.78, 5) is 24.0. The predicted octanol–water partition coefficient (Wildman–Crippen LogP) is 3.18. The molecule has 0 saturated carbocycles. The average molecular weight is 327 g/mol. The zero-order valence-electron chi connectivity index (χ0n) is 12.3. The number of carboxylic acids is 1. The lowest BCUT2D eigenvalue weighted by molar-refractivity contribution is -0.137. The molecule has 1 aromatic carbocycles. The number of benzene rings is 1. The van der Waals surface area contributed by atoms with Crippen molar-refractivity contribution in [3.05, 3.63) is 29.8 Å². The van der Waals surface area contributed by atoms with Crippen molar-refractivity contribution < 1.29 is 14.7 Å². The largest absolute Gasteiger partial charge is 0.481 e. The van der Waals surface area contributed by atoms with Crippen LogP contribution in [-0.2, 0) is 9.59 Å². The summed E-state index contributed by atoms with van der Waals surface area (Å²) >= 11 is 3.32. The second-order valence-electron chi connectivity index (χ2n) is 4.59. The third-order valence-electron chi connectivity index (χ3n) is 2.98. The number of amides is 1. The van der Waals surface area contributed by atoms with Crippen molar-refractivity contribution >= 4 is 35.4 Å². The highest BCUT2D eigenvalue weighted by atomic mass is 32.2. The number of aliphatic carboxylic acids is 1. The fraction of sp³-hybridized carbons (Fsp3) is 0.467. The van der Waals surface area contributed by atoms with Gasteiger partial charge in [0, 0.05) is 11.3 Å². The van der Waals surface area contributed by atoms with Crippen LogP contribution in [0.4, 0.5) is 0 Å². The fourth-order valence-electron chi connectivity index (χ4n) is 1.91. The Labute approximate surface area is 134 Å². The molecule has 1 rings (SSSR count). The van der Waals surface area contributed by atoms with E-state index < -0.39 is 12.0 Å². The van der Waals surface area contributed by atoms with Gasteiger partial charge >= 0.3 is 5.97 Å². The highest BCUT2D eigenvalue weighted by molar-refractivity contribution is 7.98. The van der Waals surface area contributed by atoms with Crippen LogP contribution in [-0.4, -0.2) is 35.2 Å². The van der Waals surface area contributed by atoms with Gasteiger partial charge in [-0.15, -0.1) is 11.8 Å². The minimum Gasteiger partial charge on any atom is -0.481 e. The van der Waals surface area contributed by atoms with E-state index in [9.17, 15) is 9.59 Å². The van der Waals surface area contributed by atoms with Crippen LogP contribution in [0.15, 0.2) is 29.2 Å². The molecule has 0 bridgehead atoms. The molecule has 2 N–H and O–H groups in total. The van der Waals surface area contributed by atoms with Gasteiger partial charge in [0.2, 0.25) is 5.91 Å². The summed E-state index contributed by atoms with van der Waals surface area (Å²) in [6.07, 6.45) is 5.11. The summed E-state index contributed by atoms with van der Waals surface area (Å²) in [5, 5.41) is 11.8. The van der Waals surface area contributed by atoms with Crippen LogP contribution in [0.5, 0.6) is 0 Å². The predicted molar refractivity (Wildman–Crippen MR) is 89.0 cm³/mol. The maximum Gasteiger partial charge on any atom is 0.305 e. The van der Waals surface area contributed by atoms with E-state index in [1.54, 1.807) is 23.5 Å². The van der Waals surface area contributed by atoms with Crippen molar-refractivity contribution in [2.75, 3.05) is 18.3 Å². The Bertz CT molecular complexity index is 462. The van der Waals surface area contributed by atoms with Gasteiger partial charge in [0.15, 0.2) is 0 Å². The fourth-order valence-corrected chi connectivity index (χ4v) is 2.75. The molecule has 0 radical (unpaired) electrons. The Morgan fingerprint density at radius 1 is 1.24 bits per heavy atom. The second-order valence-corrected chi connectivity index (χ2v) is 6.45. The number of carbonyl (C=O) groups excluding carboxylic acids is 1. The summed E-state index contributed by atoms with van der Waals surface area (Å²) < 4.78 is 0. The number of nitrogens with one attached hydrogen (secondary N) is 1. The minimum atomic E-state index is -0.918. The number of hydrogen-bond acceptors (Lipinski definition) is 4. The number of hydrogen-bond donors (Lipinski definition) is 2. The Kier molecular flexibility index (Phi) is 8.30. The van der Waals surface area contributed by atoms with E-state index >= 15 is 0 Å². The lowest BCUT2D eigenvalue weighted by atomic mass is 10.0. The van der Waals surface area contributed by atoms with Crippen LogP contribution in [0, 0.1) is 0 Å². The summed E-state index contributed by atoms with van der Waals surface area (Å²) in [7, 11) is 0. The third kappa shape index (κ3) is 6.91. The van der Waals surface area contributed by atoms with Gasteiger partial charge in [0.05, 0.1) is 12.5 Å². The molecule has 0 heterocycles. The van der Waals surface area contributed by atoms with E-state index in [0.717, 1.165) is 22.6 Å². The number of thioether (sulfide) groups is 2. The van der Waals surface area contributed by atoms with Gasteiger partial charge in [-0.05, 0) is 42.4 Å². The van der Waals surface area contributed by atoms with Gasteiger partial charge < -0.3 is 10.4 Å². The Balaban J connectivity index is 2.70. The van der Waals surface area contributed by atoms with E-state index in [4.69, 9.17) is 5.11 Å². The normalized spacial score (nSPS) is 11.9. The molecule has 0 aliphatic heterocycles. The van der Waals surface area contributed by atoms with E-state index in [1.807, 2.05) is 36.8 Å². The van der Waals surface area contributed by atoms with Crippen LogP contribution < -0.4 is 5.32 Å². The van der Waals surface area contributed by atoms with Crippen LogP contribution in [0.2, 0.25) is 0 Å². The summed E-state index contributed by atoms with van der Waals surface area (Å²) in [5.41, 5.74) is 0.827. The van der Waals surface area contributed by atoms with E-state index in [1.165, 1.54) is 0 Å². The van der Waals surface area contributed by atoms with Gasteiger partial charge in [-0.3, -0.25) is 9.59 Å². The minimum absolute atomic E-state index is 0.0933. The summed E-state index contributed by atoms with van der Waals surface area (Å²) in [6, 6.07) is 7.16. The first-order valence-electron chi connectivity index (χ1n) is 6.71. The van der Waals surface area contributed by atoms with Crippen LogP contribution in [0.1, 0.15) is 30.9 Å². The molecule has 1 atom stereocenters. The van der Waals surface area contributed by atoms with E-state index in [2.05, 4.69) is 5.32 Å².